The third-order valence-corrected chi connectivity index (χ3v) is 0. The molecule has 0 saturated heterocycles. The Morgan fingerprint density at radius 3 is 1.29 bits per heavy atom. The van der Waals surface area contributed by atoms with Gasteiger partial charge in [0.05, 0.1) is 0 Å². The average Bonchev–Trinajstić information content (AvgIpc) is 0.811. The average molecular weight is 198 g/mol. The normalized spacial score (nSPS) is 3.43. The molecule has 4 nitrogen and oxygen atoms in total. The first kappa shape index (κ1) is 26.9. The number of carboxylic acid groups (broad SMARTS) is 2. The SMILES string of the molecule is O.O=C(O)O.[Co].[Ni]. The van der Waals surface area contributed by atoms with E-state index >= 15 is 0 Å². The van der Waals surface area contributed by atoms with Gasteiger partial charge in [-0.05, 0) is 0 Å². The molecule has 0 unspecified atom stereocenters. The summed E-state index contributed by atoms with van der Waals surface area (Å²) in [6.07, 6.45) is -1.83. The smallest absolute Gasteiger partial charge is 0.450 e. The molecule has 0 aliphatic rings. The summed E-state index contributed by atoms with van der Waals surface area (Å²) in [5.41, 5.74) is 0. The molecule has 1 radical (unpaired) electrons. The van der Waals surface area contributed by atoms with Crippen LogP contribution in [0.1, 0.15) is 0 Å². The van der Waals surface area contributed by atoms with Crippen LogP contribution in [0.5, 0.6) is 0 Å². The third kappa shape index (κ3) is 2110. The van der Waals surface area contributed by atoms with E-state index in [-0.39, 0.29) is 38.7 Å². The van der Waals surface area contributed by atoms with Crippen LogP contribution in [-0.4, -0.2) is 21.8 Å². The molecular formula is CH4CoNiO4. The van der Waals surface area contributed by atoms with Crippen molar-refractivity contribution in [2.24, 2.45) is 0 Å². The van der Waals surface area contributed by atoms with Gasteiger partial charge in [0.2, 0.25) is 0 Å². The van der Waals surface area contributed by atoms with Gasteiger partial charge in [-0.3, -0.25) is 0 Å². The zero-order valence-electron chi connectivity index (χ0n) is 2.95. The van der Waals surface area contributed by atoms with Crippen LogP contribution >= 0.6 is 0 Å². The summed E-state index contributed by atoms with van der Waals surface area (Å²) < 4.78 is 0. The molecule has 0 aromatic heterocycles. The summed E-state index contributed by atoms with van der Waals surface area (Å²) in [7, 11) is 0. The van der Waals surface area contributed by atoms with Crippen LogP contribution in [0.2, 0.25) is 0 Å². The van der Waals surface area contributed by atoms with Crippen molar-refractivity contribution in [3.8, 4) is 0 Å². The van der Waals surface area contributed by atoms with Gasteiger partial charge in [0, 0.05) is 33.3 Å². The van der Waals surface area contributed by atoms with Crippen LogP contribution in [0.4, 0.5) is 4.79 Å². The van der Waals surface area contributed by atoms with E-state index in [1.54, 1.807) is 0 Å². The summed E-state index contributed by atoms with van der Waals surface area (Å²) in [4.78, 5) is 8.56. The van der Waals surface area contributed by atoms with E-state index in [0.717, 1.165) is 0 Å². The second-order valence-electron chi connectivity index (χ2n) is 0.283. The summed E-state index contributed by atoms with van der Waals surface area (Å²) >= 11 is 0. The molecule has 0 saturated carbocycles. The predicted octanol–water partition coefficient (Wildman–Crippen LogP) is -0.607. The van der Waals surface area contributed by atoms with Crippen molar-refractivity contribution in [2.45, 2.75) is 0 Å². The quantitative estimate of drug-likeness (QED) is 0.508. The standard InChI is InChI=1S/CH2O3.Co.Ni.H2O/c2-1(3)4;;;/h(H2,2,3,4);;;1H2. The largest absolute Gasteiger partial charge is 0.503 e. The van der Waals surface area contributed by atoms with Gasteiger partial charge < -0.3 is 15.7 Å². The Morgan fingerprint density at radius 1 is 1.29 bits per heavy atom. The third-order valence-electron chi connectivity index (χ3n) is 0. The Kier molecular flexibility index (Phi) is 62.8. The maximum absolute atomic E-state index is 8.56. The predicted molar refractivity (Wildman–Crippen MR) is 14.3 cm³/mol. The molecule has 0 heterocycles. The van der Waals surface area contributed by atoms with E-state index in [9.17, 15) is 0 Å². The molecule has 0 aliphatic heterocycles. The molecule has 0 rings (SSSR count). The first-order valence-corrected chi connectivity index (χ1v) is 0.651. The van der Waals surface area contributed by atoms with Crippen LogP contribution in [0.3, 0.4) is 0 Å². The second-order valence-corrected chi connectivity index (χ2v) is 0.283. The van der Waals surface area contributed by atoms with Crippen molar-refractivity contribution in [3.63, 3.8) is 0 Å². The van der Waals surface area contributed by atoms with Crippen molar-refractivity contribution in [1.82, 2.24) is 0 Å². The van der Waals surface area contributed by atoms with E-state index in [2.05, 4.69) is 0 Å². The topological polar surface area (TPSA) is 89.0 Å². The minimum absolute atomic E-state index is 0. The molecule has 7 heavy (non-hydrogen) atoms. The molecule has 0 atom stereocenters. The maximum atomic E-state index is 8.56. The molecule has 0 bridgehead atoms. The van der Waals surface area contributed by atoms with Crippen LogP contribution in [0, 0.1) is 0 Å². The first-order valence-electron chi connectivity index (χ1n) is 0.651. The Labute approximate surface area is 60.3 Å². The number of rotatable bonds is 0. The van der Waals surface area contributed by atoms with Crippen molar-refractivity contribution < 1.29 is 53.8 Å². The summed E-state index contributed by atoms with van der Waals surface area (Å²) in [5.74, 6) is 0. The molecule has 0 fully saturated rings. The fraction of sp³-hybridized carbons (Fsp3) is 0. The van der Waals surface area contributed by atoms with Crippen molar-refractivity contribution in [1.29, 1.82) is 0 Å². The second kappa shape index (κ2) is 16.3. The summed E-state index contributed by atoms with van der Waals surface area (Å²) in [6, 6.07) is 0. The van der Waals surface area contributed by atoms with E-state index in [1.165, 1.54) is 0 Å². The first-order chi connectivity index (χ1) is 1.73. The minimum atomic E-state index is -1.83. The van der Waals surface area contributed by atoms with Gasteiger partial charge in [-0.25, -0.2) is 4.79 Å². The van der Waals surface area contributed by atoms with E-state index in [4.69, 9.17) is 15.0 Å². The van der Waals surface area contributed by atoms with Gasteiger partial charge in [-0.2, -0.15) is 0 Å². The molecule has 0 spiro atoms. The van der Waals surface area contributed by atoms with Crippen LogP contribution in [-0.2, 0) is 33.3 Å². The molecule has 6 heteroatoms. The summed E-state index contributed by atoms with van der Waals surface area (Å²) in [5, 5.41) is 13.9. The van der Waals surface area contributed by atoms with Gasteiger partial charge in [0.25, 0.3) is 0 Å². The van der Waals surface area contributed by atoms with Gasteiger partial charge in [-0.15, -0.1) is 0 Å². The zero-order chi connectivity index (χ0) is 3.58. The van der Waals surface area contributed by atoms with Crippen LogP contribution in [0.15, 0.2) is 0 Å². The Morgan fingerprint density at radius 2 is 1.29 bits per heavy atom. The van der Waals surface area contributed by atoms with E-state index in [1.807, 2.05) is 0 Å². The minimum Gasteiger partial charge on any atom is -0.450 e. The molecule has 0 aromatic carbocycles. The van der Waals surface area contributed by atoms with Crippen molar-refractivity contribution in [3.05, 3.63) is 0 Å². The van der Waals surface area contributed by atoms with Crippen molar-refractivity contribution in [2.75, 3.05) is 0 Å². The fourth-order valence-corrected chi connectivity index (χ4v) is 0. The van der Waals surface area contributed by atoms with Gasteiger partial charge >= 0.3 is 6.16 Å². The Bertz CT molecular complexity index is 34.7. The molecular weight excluding hydrogens is 194 g/mol. The van der Waals surface area contributed by atoms with E-state index < -0.39 is 6.16 Å². The molecule has 0 aliphatic carbocycles. The van der Waals surface area contributed by atoms with Crippen LogP contribution in [0.25, 0.3) is 0 Å². The Balaban J connectivity index is -0.0000000150. The van der Waals surface area contributed by atoms with Crippen LogP contribution < -0.4 is 0 Å². The molecule has 0 amide bonds. The molecule has 51 valence electrons. The number of hydrogen-bond donors (Lipinski definition) is 2. The summed E-state index contributed by atoms with van der Waals surface area (Å²) in [6.45, 7) is 0. The zero-order valence-corrected chi connectivity index (χ0v) is 4.98. The molecule has 4 N–H and O–H groups in total. The molecule has 0 aromatic rings. The van der Waals surface area contributed by atoms with Gasteiger partial charge in [-0.1, -0.05) is 0 Å². The fourth-order valence-electron chi connectivity index (χ4n) is 0. The van der Waals surface area contributed by atoms with Gasteiger partial charge in [0.15, 0.2) is 0 Å². The number of carbonyl (C=O) groups is 1. The maximum Gasteiger partial charge on any atom is 0.503 e. The number of hydrogen-bond acceptors (Lipinski definition) is 1. The van der Waals surface area contributed by atoms with E-state index in [0.29, 0.717) is 0 Å². The monoisotopic (exact) mass is 197 g/mol. The Hall–Kier alpha value is 0.230. The van der Waals surface area contributed by atoms with Crippen molar-refractivity contribution >= 4 is 6.16 Å². The van der Waals surface area contributed by atoms with Gasteiger partial charge in [0.1, 0.15) is 0 Å².